The summed E-state index contributed by atoms with van der Waals surface area (Å²) in [6, 6.07) is 1.86. The SMILES string of the molecule is CCCNc1ccncc1C(=O)NCC1CCN(CC)C1. The number of aromatic nitrogens is 1. The van der Waals surface area contributed by atoms with Gasteiger partial charge in [0.1, 0.15) is 0 Å². The number of amides is 1. The van der Waals surface area contributed by atoms with Gasteiger partial charge in [0.15, 0.2) is 0 Å². The van der Waals surface area contributed by atoms with Crippen molar-refractivity contribution in [2.45, 2.75) is 26.7 Å². The van der Waals surface area contributed by atoms with Crippen LogP contribution < -0.4 is 10.6 Å². The molecule has 1 aromatic rings. The zero-order valence-corrected chi connectivity index (χ0v) is 13.1. The topological polar surface area (TPSA) is 57.3 Å². The Balaban J connectivity index is 1.88. The second kappa shape index (κ2) is 7.98. The maximum absolute atomic E-state index is 12.3. The first-order valence-corrected chi connectivity index (χ1v) is 7.93. The van der Waals surface area contributed by atoms with Crippen LogP contribution >= 0.6 is 0 Å². The predicted octanol–water partition coefficient (Wildman–Crippen LogP) is 1.98. The average molecular weight is 290 g/mol. The summed E-state index contributed by atoms with van der Waals surface area (Å²) in [6.45, 7) is 9.22. The van der Waals surface area contributed by atoms with Gasteiger partial charge >= 0.3 is 0 Å². The van der Waals surface area contributed by atoms with Gasteiger partial charge in [0, 0.05) is 32.0 Å². The molecular formula is C16H26N4O. The number of rotatable bonds is 7. The fraction of sp³-hybridized carbons (Fsp3) is 0.625. The Labute approximate surface area is 127 Å². The van der Waals surface area contributed by atoms with Crippen LogP contribution in [0.15, 0.2) is 18.5 Å². The van der Waals surface area contributed by atoms with Crippen LogP contribution in [-0.4, -0.2) is 48.5 Å². The minimum absolute atomic E-state index is 0.0309. The van der Waals surface area contributed by atoms with Gasteiger partial charge in [-0.05, 0) is 37.9 Å². The van der Waals surface area contributed by atoms with Crippen molar-refractivity contribution < 1.29 is 4.79 Å². The van der Waals surface area contributed by atoms with E-state index >= 15 is 0 Å². The Morgan fingerprint density at radius 1 is 1.48 bits per heavy atom. The van der Waals surface area contributed by atoms with Crippen molar-refractivity contribution >= 4 is 11.6 Å². The van der Waals surface area contributed by atoms with Gasteiger partial charge in [-0.25, -0.2) is 0 Å². The number of hydrogen-bond donors (Lipinski definition) is 2. The van der Waals surface area contributed by atoms with E-state index in [1.807, 2.05) is 6.07 Å². The van der Waals surface area contributed by atoms with Crippen molar-refractivity contribution in [3.63, 3.8) is 0 Å². The summed E-state index contributed by atoms with van der Waals surface area (Å²) in [5.41, 5.74) is 1.50. The van der Waals surface area contributed by atoms with Crippen molar-refractivity contribution in [2.24, 2.45) is 5.92 Å². The van der Waals surface area contributed by atoms with Crippen LogP contribution in [0.2, 0.25) is 0 Å². The first kappa shape index (κ1) is 15.8. The highest BCUT2D eigenvalue weighted by Crippen LogP contribution is 2.16. The summed E-state index contributed by atoms with van der Waals surface area (Å²) >= 11 is 0. The van der Waals surface area contributed by atoms with Gasteiger partial charge in [-0.15, -0.1) is 0 Å². The van der Waals surface area contributed by atoms with Gasteiger partial charge < -0.3 is 15.5 Å². The third-order valence-electron chi connectivity index (χ3n) is 4.00. The van der Waals surface area contributed by atoms with E-state index in [2.05, 4.69) is 34.4 Å². The Morgan fingerprint density at radius 3 is 3.05 bits per heavy atom. The lowest BCUT2D eigenvalue weighted by atomic mass is 10.1. The van der Waals surface area contributed by atoms with Crippen LogP contribution in [0.4, 0.5) is 5.69 Å². The van der Waals surface area contributed by atoms with Crippen LogP contribution in [0, 0.1) is 5.92 Å². The molecule has 0 radical (unpaired) electrons. The molecule has 1 aliphatic heterocycles. The minimum Gasteiger partial charge on any atom is -0.384 e. The van der Waals surface area contributed by atoms with Crippen molar-refractivity contribution in [2.75, 3.05) is 38.0 Å². The fourth-order valence-corrected chi connectivity index (χ4v) is 2.69. The molecule has 1 amide bonds. The number of nitrogens with one attached hydrogen (secondary N) is 2. The normalized spacial score (nSPS) is 18.7. The van der Waals surface area contributed by atoms with Gasteiger partial charge in [0.2, 0.25) is 0 Å². The summed E-state index contributed by atoms with van der Waals surface area (Å²) in [4.78, 5) is 18.8. The molecule has 0 bridgehead atoms. The number of anilines is 1. The average Bonchev–Trinajstić information content (AvgIpc) is 2.99. The van der Waals surface area contributed by atoms with Gasteiger partial charge in [-0.2, -0.15) is 0 Å². The number of nitrogens with zero attached hydrogens (tertiary/aromatic N) is 2. The standard InChI is InChI=1S/C16H26N4O/c1-3-7-18-15-5-8-17-11-14(15)16(21)19-10-13-6-9-20(4-2)12-13/h5,8,11,13H,3-4,6-7,9-10,12H2,1-2H3,(H,17,18)(H,19,21). The second-order valence-electron chi connectivity index (χ2n) is 5.61. The Kier molecular flexibility index (Phi) is 5.99. The Hall–Kier alpha value is -1.62. The molecule has 1 aromatic heterocycles. The first-order chi connectivity index (χ1) is 10.2. The molecule has 2 rings (SSSR count). The molecule has 116 valence electrons. The third-order valence-corrected chi connectivity index (χ3v) is 4.00. The molecule has 1 unspecified atom stereocenters. The van der Waals surface area contributed by atoms with Crippen molar-refractivity contribution in [3.8, 4) is 0 Å². The number of pyridine rings is 1. The highest BCUT2D eigenvalue weighted by atomic mass is 16.1. The van der Waals surface area contributed by atoms with Crippen molar-refractivity contribution in [3.05, 3.63) is 24.0 Å². The maximum atomic E-state index is 12.3. The fourth-order valence-electron chi connectivity index (χ4n) is 2.69. The molecule has 2 heterocycles. The molecule has 2 N–H and O–H groups in total. The van der Waals surface area contributed by atoms with Crippen LogP contribution in [0.3, 0.4) is 0 Å². The predicted molar refractivity (Wildman–Crippen MR) is 85.6 cm³/mol. The van der Waals surface area contributed by atoms with Crippen LogP contribution in [-0.2, 0) is 0 Å². The van der Waals surface area contributed by atoms with E-state index in [0.29, 0.717) is 11.5 Å². The molecule has 5 nitrogen and oxygen atoms in total. The second-order valence-corrected chi connectivity index (χ2v) is 5.61. The number of carbonyl (C=O) groups is 1. The molecular weight excluding hydrogens is 264 g/mol. The van der Waals surface area contributed by atoms with E-state index in [-0.39, 0.29) is 5.91 Å². The van der Waals surface area contributed by atoms with Crippen LogP contribution in [0.1, 0.15) is 37.0 Å². The lowest BCUT2D eigenvalue weighted by molar-refractivity contribution is 0.0948. The zero-order valence-electron chi connectivity index (χ0n) is 13.1. The summed E-state index contributed by atoms with van der Waals surface area (Å²) in [6.07, 6.45) is 5.55. The molecule has 0 aliphatic carbocycles. The highest BCUT2D eigenvalue weighted by molar-refractivity contribution is 5.99. The van der Waals surface area contributed by atoms with E-state index in [1.165, 1.54) is 6.42 Å². The smallest absolute Gasteiger partial charge is 0.254 e. The summed E-state index contributed by atoms with van der Waals surface area (Å²) in [5.74, 6) is 0.536. The zero-order chi connectivity index (χ0) is 15.1. The van der Waals surface area contributed by atoms with Crippen molar-refractivity contribution in [1.82, 2.24) is 15.2 Å². The van der Waals surface area contributed by atoms with Crippen molar-refractivity contribution in [1.29, 1.82) is 0 Å². The largest absolute Gasteiger partial charge is 0.384 e. The molecule has 1 aliphatic rings. The molecule has 1 fully saturated rings. The third kappa shape index (κ3) is 4.43. The van der Waals surface area contributed by atoms with E-state index in [9.17, 15) is 4.79 Å². The monoisotopic (exact) mass is 290 g/mol. The van der Waals surface area contributed by atoms with Gasteiger partial charge in [0.25, 0.3) is 5.91 Å². The quantitative estimate of drug-likeness (QED) is 0.806. The Bertz CT molecular complexity index is 463. The number of carbonyl (C=O) groups excluding carboxylic acids is 1. The molecule has 1 atom stereocenters. The molecule has 5 heteroatoms. The molecule has 0 spiro atoms. The molecule has 0 aromatic carbocycles. The summed E-state index contributed by atoms with van der Waals surface area (Å²) in [5, 5.41) is 6.34. The molecule has 21 heavy (non-hydrogen) atoms. The van der Waals surface area contributed by atoms with E-state index in [4.69, 9.17) is 0 Å². The molecule has 0 saturated carbocycles. The number of likely N-dealkylation sites (tertiary alicyclic amines) is 1. The van der Waals surface area contributed by atoms with Crippen LogP contribution in [0.25, 0.3) is 0 Å². The Morgan fingerprint density at radius 2 is 2.33 bits per heavy atom. The minimum atomic E-state index is -0.0309. The van der Waals surface area contributed by atoms with Gasteiger partial charge in [-0.3, -0.25) is 9.78 Å². The van der Waals surface area contributed by atoms with Crippen LogP contribution in [0.5, 0.6) is 0 Å². The number of hydrogen-bond acceptors (Lipinski definition) is 4. The first-order valence-electron chi connectivity index (χ1n) is 7.93. The summed E-state index contributed by atoms with van der Waals surface area (Å²) < 4.78 is 0. The maximum Gasteiger partial charge on any atom is 0.254 e. The summed E-state index contributed by atoms with van der Waals surface area (Å²) in [7, 11) is 0. The van der Waals surface area contributed by atoms with E-state index in [0.717, 1.165) is 44.8 Å². The van der Waals surface area contributed by atoms with Gasteiger partial charge in [-0.1, -0.05) is 13.8 Å². The lowest BCUT2D eigenvalue weighted by Gasteiger charge is -2.15. The molecule has 1 saturated heterocycles. The van der Waals surface area contributed by atoms with E-state index < -0.39 is 0 Å². The lowest BCUT2D eigenvalue weighted by Crippen LogP contribution is -2.31. The van der Waals surface area contributed by atoms with Gasteiger partial charge in [0.05, 0.1) is 11.3 Å². The highest BCUT2D eigenvalue weighted by Gasteiger charge is 2.22. The van der Waals surface area contributed by atoms with E-state index in [1.54, 1.807) is 12.4 Å².